The predicted octanol–water partition coefficient (Wildman–Crippen LogP) is 0.580. The lowest BCUT2D eigenvalue weighted by molar-refractivity contribution is -0.134. The van der Waals surface area contributed by atoms with Crippen molar-refractivity contribution in [1.82, 2.24) is 4.90 Å². The molecule has 0 aromatic carbocycles. The van der Waals surface area contributed by atoms with Crippen LogP contribution in [0.15, 0.2) is 0 Å². The van der Waals surface area contributed by atoms with Gasteiger partial charge in [-0.2, -0.15) is 8.42 Å². The Balaban J connectivity index is 1.96. The van der Waals surface area contributed by atoms with Gasteiger partial charge in [0.15, 0.2) is 5.78 Å². The van der Waals surface area contributed by atoms with E-state index >= 15 is 0 Å². The van der Waals surface area contributed by atoms with Crippen molar-refractivity contribution >= 4 is 15.9 Å². The lowest BCUT2D eigenvalue weighted by Crippen LogP contribution is -2.52. The molecule has 2 saturated carbocycles. The third-order valence-electron chi connectivity index (χ3n) is 6.03. The summed E-state index contributed by atoms with van der Waals surface area (Å²) in [5.74, 6) is -0.281. The molecule has 1 N–H and O–H groups in total. The number of ketones is 1. The highest BCUT2D eigenvalue weighted by molar-refractivity contribution is 7.85. The summed E-state index contributed by atoms with van der Waals surface area (Å²) < 4.78 is 37.6. The Morgan fingerprint density at radius 1 is 1.33 bits per heavy atom. The minimum Gasteiger partial charge on any atom is -0.379 e. The Morgan fingerprint density at radius 2 is 1.95 bits per heavy atom. The number of Topliss-reactive ketones (excluding diaryl/α,β-unsaturated/α-hetero) is 1. The highest BCUT2D eigenvalue weighted by atomic mass is 32.2. The fraction of sp³-hybridized carbons (Fsp3) is 0.929. The van der Waals surface area contributed by atoms with E-state index in [4.69, 9.17) is 4.74 Å². The molecule has 0 spiro atoms. The molecule has 3 unspecified atom stereocenters. The van der Waals surface area contributed by atoms with Gasteiger partial charge in [0.25, 0.3) is 10.1 Å². The second kappa shape index (κ2) is 4.75. The van der Waals surface area contributed by atoms with Crippen molar-refractivity contribution < 1.29 is 22.5 Å². The minimum absolute atomic E-state index is 0.00303. The van der Waals surface area contributed by atoms with Crippen molar-refractivity contribution in [2.45, 2.75) is 32.7 Å². The molecule has 21 heavy (non-hydrogen) atoms. The summed E-state index contributed by atoms with van der Waals surface area (Å²) >= 11 is 0. The van der Waals surface area contributed by atoms with Crippen LogP contribution in [0, 0.1) is 16.7 Å². The van der Waals surface area contributed by atoms with Crippen molar-refractivity contribution in [3.63, 3.8) is 0 Å². The average molecular weight is 317 g/mol. The molecule has 0 radical (unpaired) electrons. The Kier molecular flexibility index (Phi) is 3.48. The van der Waals surface area contributed by atoms with E-state index < -0.39 is 26.7 Å². The van der Waals surface area contributed by atoms with E-state index in [-0.39, 0.29) is 17.7 Å². The smallest absolute Gasteiger partial charge is 0.265 e. The normalized spacial score (nSPS) is 39.9. The van der Waals surface area contributed by atoms with Crippen molar-refractivity contribution in [2.24, 2.45) is 16.7 Å². The zero-order chi connectivity index (χ0) is 15.5. The minimum atomic E-state index is -4.17. The van der Waals surface area contributed by atoms with Crippen LogP contribution in [0.25, 0.3) is 0 Å². The molecule has 7 heteroatoms. The third kappa shape index (κ3) is 2.17. The van der Waals surface area contributed by atoms with Gasteiger partial charge >= 0.3 is 0 Å². The standard InChI is InChI=1S/C14H23NO5S/c1-13(2)10-3-4-14(13,9-21(17,18)19)12(16)11(10)15-5-7-20-8-6-15/h10-11H,3-9H2,1-2H3,(H,17,18,19). The zero-order valence-corrected chi connectivity index (χ0v) is 13.4. The van der Waals surface area contributed by atoms with E-state index in [0.717, 1.165) is 6.42 Å². The summed E-state index contributed by atoms with van der Waals surface area (Å²) in [6, 6.07) is -0.223. The number of fused-ring (bicyclic) bond motifs is 2. The topological polar surface area (TPSA) is 83.9 Å². The van der Waals surface area contributed by atoms with Crippen molar-refractivity contribution in [2.75, 3.05) is 32.1 Å². The maximum Gasteiger partial charge on any atom is 0.265 e. The molecular formula is C14H23NO5S. The van der Waals surface area contributed by atoms with Crippen LogP contribution in [0.1, 0.15) is 26.7 Å². The quantitative estimate of drug-likeness (QED) is 0.767. The van der Waals surface area contributed by atoms with Crippen LogP contribution < -0.4 is 0 Å². The number of hydrogen-bond donors (Lipinski definition) is 1. The fourth-order valence-electron chi connectivity index (χ4n) is 4.82. The third-order valence-corrected chi connectivity index (χ3v) is 6.89. The summed E-state index contributed by atoms with van der Waals surface area (Å²) in [5.41, 5.74) is -1.34. The van der Waals surface area contributed by atoms with Gasteiger partial charge in [-0.25, -0.2) is 0 Å². The first kappa shape index (κ1) is 15.4. The molecule has 3 rings (SSSR count). The summed E-state index contributed by atoms with van der Waals surface area (Å²) in [7, 11) is -4.17. The van der Waals surface area contributed by atoms with Gasteiger partial charge in [-0.15, -0.1) is 0 Å². The Labute approximate surface area is 125 Å². The van der Waals surface area contributed by atoms with E-state index in [1.165, 1.54) is 0 Å². The van der Waals surface area contributed by atoms with Crippen LogP contribution in [0.4, 0.5) is 0 Å². The largest absolute Gasteiger partial charge is 0.379 e. The predicted molar refractivity (Wildman–Crippen MR) is 76.5 cm³/mol. The molecule has 0 aromatic rings. The molecule has 1 heterocycles. The summed E-state index contributed by atoms with van der Waals surface area (Å²) in [6.07, 6.45) is 1.40. The Hall–Kier alpha value is -0.500. The second-order valence-corrected chi connectivity index (χ2v) is 8.59. The molecule has 2 aliphatic carbocycles. The van der Waals surface area contributed by atoms with Gasteiger partial charge in [-0.1, -0.05) is 13.8 Å². The number of carbonyl (C=O) groups is 1. The van der Waals surface area contributed by atoms with Crippen molar-refractivity contribution in [3.8, 4) is 0 Å². The van der Waals surface area contributed by atoms with Crippen molar-refractivity contribution in [1.29, 1.82) is 0 Å². The average Bonchev–Trinajstić information content (AvgIpc) is 2.71. The summed E-state index contributed by atoms with van der Waals surface area (Å²) in [6.45, 7) is 6.61. The van der Waals surface area contributed by atoms with Crippen LogP contribution in [-0.4, -0.2) is 61.8 Å². The van der Waals surface area contributed by atoms with E-state index in [0.29, 0.717) is 32.7 Å². The van der Waals surface area contributed by atoms with Crippen LogP contribution in [0.2, 0.25) is 0 Å². The summed E-state index contributed by atoms with van der Waals surface area (Å²) in [5, 5.41) is 0. The monoisotopic (exact) mass is 317 g/mol. The lowest BCUT2D eigenvalue weighted by Gasteiger charge is -2.37. The molecular weight excluding hydrogens is 294 g/mol. The van der Waals surface area contributed by atoms with Gasteiger partial charge in [0.05, 0.1) is 30.4 Å². The second-order valence-electron chi connectivity index (χ2n) is 7.13. The van der Waals surface area contributed by atoms with Gasteiger partial charge < -0.3 is 4.74 Å². The first-order valence-electron chi connectivity index (χ1n) is 7.50. The first-order valence-corrected chi connectivity index (χ1v) is 9.11. The lowest BCUT2D eigenvalue weighted by atomic mass is 9.70. The molecule has 1 aliphatic heterocycles. The van der Waals surface area contributed by atoms with Gasteiger partial charge in [-0.05, 0) is 24.2 Å². The first-order chi connectivity index (χ1) is 9.69. The number of morpholine rings is 1. The Bertz CT molecular complexity index is 552. The maximum atomic E-state index is 13.0. The number of rotatable bonds is 3. The SMILES string of the molecule is CC1(C)C2CCC1(CS(=O)(=O)O)C(=O)C2N1CCOCC1. The van der Waals surface area contributed by atoms with Crippen LogP contribution in [0.5, 0.6) is 0 Å². The fourth-order valence-corrected chi connectivity index (χ4v) is 6.10. The van der Waals surface area contributed by atoms with E-state index in [2.05, 4.69) is 4.90 Å². The van der Waals surface area contributed by atoms with Crippen LogP contribution in [0.3, 0.4) is 0 Å². The van der Waals surface area contributed by atoms with Crippen molar-refractivity contribution in [3.05, 3.63) is 0 Å². The number of carbonyl (C=O) groups excluding carboxylic acids is 1. The van der Waals surface area contributed by atoms with Gasteiger partial charge in [0.2, 0.25) is 0 Å². The van der Waals surface area contributed by atoms with Gasteiger partial charge in [0.1, 0.15) is 0 Å². The van der Waals surface area contributed by atoms with Crippen LogP contribution in [-0.2, 0) is 19.6 Å². The van der Waals surface area contributed by atoms with Crippen LogP contribution >= 0.6 is 0 Å². The molecule has 2 bridgehead atoms. The highest BCUT2D eigenvalue weighted by Gasteiger charge is 2.70. The molecule has 3 atom stereocenters. The number of hydrogen-bond acceptors (Lipinski definition) is 5. The van der Waals surface area contributed by atoms with E-state index in [9.17, 15) is 17.8 Å². The molecule has 120 valence electrons. The highest BCUT2D eigenvalue weighted by Crippen LogP contribution is 2.65. The number of ether oxygens (including phenoxy) is 1. The molecule has 3 fully saturated rings. The maximum absolute atomic E-state index is 13.0. The molecule has 3 aliphatic rings. The van der Waals surface area contributed by atoms with Gasteiger partial charge in [0, 0.05) is 13.1 Å². The molecule has 0 aromatic heterocycles. The van der Waals surface area contributed by atoms with E-state index in [1.54, 1.807) is 0 Å². The molecule has 6 nitrogen and oxygen atoms in total. The zero-order valence-electron chi connectivity index (χ0n) is 12.5. The summed E-state index contributed by atoms with van der Waals surface area (Å²) in [4.78, 5) is 15.2. The molecule has 0 amide bonds. The van der Waals surface area contributed by atoms with Gasteiger partial charge in [-0.3, -0.25) is 14.2 Å². The number of nitrogens with zero attached hydrogens (tertiary/aromatic N) is 1. The Morgan fingerprint density at radius 3 is 2.52 bits per heavy atom. The molecule has 1 saturated heterocycles. The van der Waals surface area contributed by atoms with E-state index in [1.807, 2.05) is 13.8 Å².